The quantitative estimate of drug-likeness (QED) is 0.810. The molecular weight excluding hydrogens is 365 g/mol. The molecule has 25 heavy (non-hydrogen) atoms. The summed E-state index contributed by atoms with van der Waals surface area (Å²) in [5.74, 6) is 0.951. The number of benzene rings is 1. The molecule has 1 amide bonds. The van der Waals surface area contributed by atoms with Gasteiger partial charge in [-0.05, 0) is 19.1 Å². The molecule has 0 unspecified atom stereocenters. The van der Waals surface area contributed by atoms with Crippen LogP contribution in [0.3, 0.4) is 0 Å². The van der Waals surface area contributed by atoms with Gasteiger partial charge in [0.2, 0.25) is 0 Å². The van der Waals surface area contributed by atoms with Gasteiger partial charge in [-0.2, -0.15) is 0 Å². The smallest absolute Gasteiger partial charge is 0.259 e. The van der Waals surface area contributed by atoms with Crippen molar-refractivity contribution in [1.82, 2.24) is 15.0 Å². The van der Waals surface area contributed by atoms with Crippen molar-refractivity contribution >= 4 is 29.1 Å². The van der Waals surface area contributed by atoms with Crippen LogP contribution < -0.4 is 4.74 Å². The van der Waals surface area contributed by atoms with E-state index in [-0.39, 0.29) is 5.91 Å². The van der Waals surface area contributed by atoms with Gasteiger partial charge in [0.1, 0.15) is 11.3 Å². The lowest BCUT2D eigenvalue weighted by Crippen LogP contribution is -2.48. The SMILES string of the molecule is COc1c(Cl)ccc(Cl)c1C(=O)N1CCN(Cc2cc(C)on2)CC1. The van der Waals surface area contributed by atoms with Crippen molar-refractivity contribution in [2.24, 2.45) is 0 Å². The van der Waals surface area contributed by atoms with Crippen LogP contribution in [0.15, 0.2) is 22.7 Å². The van der Waals surface area contributed by atoms with E-state index in [4.69, 9.17) is 32.5 Å². The van der Waals surface area contributed by atoms with Crippen molar-refractivity contribution in [1.29, 1.82) is 0 Å². The number of halogens is 2. The molecule has 0 aliphatic carbocycles. The highest BCUT2D eigenvalue weighted by Crippen LogP contribution is 2.34. The van der Waals surface area contributed by atoms with E-state index in [0.717, 1.165) is 24.5 Å². The first-order valence-corrected chi connectivity index (χ1v) is 8.71. The summed E-state index contributed by atoms with van der Waals surface area (Å²) in [6.07, 6.45) is 0. The average molecular weight is 384 g/mol. The maximum atomic E-state index is 12.9. The number of hydrogen-bond donors (Lipinski definition) is 0. The van der Waals surface area contributed by atoms with E-state index in [2.05, 4.69) is 10.1 Å². The molecule has 134 valence electrons. The normalized spacial score (nSPS) is 15.4. The number of methoxy groups -OCH3 is 1. The van der Waals surface area contributed by atoms with Crippen LogP contribution in [-0.4, -0.2) is 54.2 Å². The Morgan fingerprint density at radius 1 is 1.24 bits per heavy atom. The maximum Gasteiger partial charge on any atom is 0.259 e. The molecule has 8 heteroatoms. The highest BCUT2D eigenvalue weighted by atomic mass is 35.5. The van der Waals surface area contributed by atoms with E-state index in [9.17, 15) is 4.79 Å². The molecule has 0 saturated carbocycles. The third-order valence-electron chi connectivity index (χ3n) is 4.20. The minimum Gasteiger partial charge on any atom is -0.494 e. The predicted octanol–water partition coefficient (Wildman–Crippen LogP) is 3.26. The summed E-state index contributed by atoms with van der Waals surface area (Å²) in [6, 6.07) is 5.16. The maximum absolute atomic E-state index is 12.9. The molecule has 1 aromatic carbocycles. The van der Waals surface area contributed by atoms with Gasteiger partial charge < -0.3 is 14.2 Å². The lowest BCUT2D eigenvalue weighted by molar-refractivity contribution is 0.0622. The van der Waals surface area contributed by atoms with E-state index < -0.39 is 0 Å². The molecule has 3 rings (SSSR count). The zero-order chi connectivity index (χ0) is 18.0. The van der Waals surface area contributed by atoms with Gasteiger partial charge in [0.05, 0.1) is 22.8 Å². The second-order valence-electron chi connectivity index (χ2n) is 5.93. The zero-order valence-electron chi connectivity index (χ0n) is 14.1. The zero-order valence-corrected chi connectivity index (χ0v) is 15.6. The van der Waals surface area contributed by atoms with Crippen molar-refractivity contribution in [2.75, 3.05) is 33.3 Å². The van der Waals surface area contributed by atoms with Gasteiger partial charge in [0.15, 0.2) is 5.75 Å². The third kappa shape index (κ3) is 3.92. The van der Waals surface area contributed by atoms with Crippen molar-refractivity contribution in [2.45, 2.75) is 13.5 Å². The lowest BCUT2D eigenvalue weighted by Gasteiger charge is -2.34. The summed E-state index contributed by atoms with van der Waals surface area (Å²) in [5, 5.41) is 4.72. The van der Waals surface area contributed by atoms with E-state index in [1.165, 1.54) is 7.11 Å². The first kappa shape index (κ1) is 18.0. The summed E-state index contributed by atoms with van der Waals surface area (Å²) in [7, 11) is 1.48. The highest BCUT2D eigenvalue weighted by Gasteiger charge is 2.27. The van der Waals surface area contributed by atoms with E-state index in [1.54, 1.807) is 17.0 Å². The number of amides is 1. The van der Waals surface area contributed by atoms with Crippen molar-refractivity contribution in [3.8, 4) is 5.75 Å². The van der Waals surface area contributed by atoms with Gasteiger partial charge >= 0.3 is 0 Å². The van der Waals surface area contributed by atoms with Crippen molar-refractivity contribution in [3.63, 3.8) is 0 Å². The van der Waals surface area contributed by atoms with Gasteiger partial charge in [-0.1, -0.05) is 28.4 Å². The summed E-state index contributed by atoms with van der Waals surface area (Å²) in [4.78, 5) is 16.9. The van der Waals surface area contributed by atoms with Crippen LogP contribution in [-0.2, 0) is 6.54 Å². The monoisotopic (exact) mass is 383 g/mol. The second kappa shape index (κ2) is 7.64. The van der Waals surface area contributed by atoms with E-state index in [0.29, 0.717) is 41.0 Å². The van der Waals surface area contributed by atoms with Gasteiger partial charge in [0, 0.05) is 38.8 Å². The van der Waals surface area contributed by atoms with Crippen LogP contribution in [0.2, 0.25) is 10.0 Å². The number of carbonyl (C=O) groups is 1. The Morgan fingerprint density at radius 2 is 1.92 bits per heavy atom. The number of nitrogens with zero attached hydrogens (tertiary/aromatic N) is 3. The molecule has 0 radical (unpaired) electrons. The van der Waals surface area contributed by atoms with Gasteiger partial charge in [0.25, 0.3) is 5.91 Å². The van der Waals surface area contributed by atoms with Crippen LogP contribution in [0.4, 0.5) is 0 Å². The standard InChI is InChI=1S/C17H19Cl2N3O3/c1-11-9-12(20-25-11)10-21-5-7-22(8-6-21)17(23)15-13(18)3-4-14(19)16(15)24-2/h3-4,9H,5-8,10H2,1-2H3. The Balaban J connectivity index is 1.67. The molecule has 1 fully saturated rings. The first-order chi connectivity index (χ1) is 12.0. The largest absolute Gasteiger partial charge is 0.494 e. The number of aryl methyl sites for hydroxylation is 1. The number of ether oxygens (including phenoxy) is 1. The molecule has 1 aliphatic heterocycles. The molecule has 6 nitrogen and oxygen atoms in total. The molecule has 0 bridgehead atoms. The van der Waals surface area contributed by atoms with E-state index >= 15 is 0 Å². The van der Waals surface area contributed by atoms with Crippen molar-refractivity contribution < 1.29 is 14.1 Å². The topological polar surface area (TPSA) is 58.8 Å². The third-order valence-corrected chi connectivity index (χ3v) is 4.81. The molecule has 0 spiro atoms. The van der Waals surface area contributed by atoms with Gasteiger partial charge in [-0.25, -0.2) is 0 Å². The van der Waals surface area contributed by atoms with Crippen LogP contribution in [0.1, 0.15) is 21.8 Å². The summed E-state index contributed by atoms with van der Waals surface area (Å²) < 4.78 is 10.4. The van der Waals surface area contributed by atoms with Gasteiger partial charge in [-0.15, -0.1) is 0 Å². The molecule has 2 heterocycles. The van der Waals surface area contributed by atoms with E-state index in [1.807, 2.05) is 13.0 Å². The van der Waals surface area contributed by atoms with Crippen molar-refractivity contribution in [3.05, 3.63) is 45.3 Å². The number of hydrogen-bond acceptors (Lipinski definition) is 5. The van der Waals surface area contributed by atoms with Crippen LogP contribution in [0.25, 0.3) is 0 Å². The minimum atomic E-state index is -0.165. The number of aromatic nitrogens is 1. The number of carbonyl (C=O) groups excluding carboxylic acids is 1. The Hall–Kier alpha value is -1.76. The number of piperazine rings is 1. The minimum absolute atomic E-state index is 0.165. The second-order valence-corrected chi connectivity index (χ2v) is 6.75. The average Bonchev–Trinajstić information content (AvgIpc) is 3.01. The Kier molecular flexibility index (Phi) is 5.51. The summed E-state index contributed by atoms with van der Waals surface area (Å²) in [5.41, 5.74) is 1.22. The molecular formula is C17H19Cl2N3O3. The van der Waals surface area contributed by atoms with Gasteiger partial charge in [-0.3, -0.25) is 9.69 Å². The highest BCUT2D eigenvalue weighted by molar-refractivity contribution is 6.37. The van der Waals surface area contributed by atoms with Crippen LogP contribution in [0, 0.1) is 6.92 Å². The summed E-state index contributed by atoms with van der Waals surface area (Å²) in [6.45, 7) is 5.27. The fraction of sp³-hybridized carbons (Fsp3) is 0.412. The molecule has 0 atom stereocenters. The van der Waals surface area contributed by atoms with Crippen LogP contribution >= 0.6 is 23.2 Å². The molecule has 1 aromatic heterocycles. The Bertz CT molecular complexity index is 770. The fourth-order valence-electron chi connectivity index (χ4n) is 2.92. The Morgan fingerprint density at radius 3 is 2.52 bits per heavy atom. The number of rotatable bonds is 4. The summed E-state index contributed by atoms with van der Waals surface area (Å²) >= 11 is 12.3. The van der Waals surface area contributed by atoms with Crippen LogP contribution in [0.5, 0.6) is 5.75 Å². The first-order valence-electron chi connectivity index (χ1n) is 7.95. The fourth-order valence-corrected chi connectivity index (χ4v) is 3.39. The molecule has 0 N–H and O–H groups in total. The molecule has 2 aromatic rings. The molecule has 1 saturated heterocycles. The lowest BCUT2D eigenvalue weighted by atomic mass is 10.1. The predicted molar refractivity (Wildman–Crippen MR) is 95.4 cm³/mol. The molecule has 1 aliphatic rings. The Labute approximate surface area is 156 Å².